The molecule has 2 amide bonds. The minimum absolute atomic E-state index is 0.250. The number of aliphatic carboxylic acids is 1. The number of carboxylic acids is 1. The normalized spacial score (nSPS) is 17.2. The summed E-state index contributed by atoms with van der Waals surface area (Å²) in [5, 5.41) is 18.1. The maximum atomic E-state index is 11.8. The van der Waals surface area contributed by atoms with Crippen molar-refractivity contribution in [2.75, 3.05) is 19.8 Å². The van der Waals surface area contributed by atoms with E-state index in [9.17, 15) is 14.7 Å². The van der Waals surface area contributed by atoms with Gasteiger partial charge >= 0.3 is 12.0 Å². The van der Waals surface area contributed by atoms with Gasteiger partial charge in [-0.05, 0) is 0 Å². The molecule has 1 aromatic rings. The Labute approximate surface area is 121 Å². The first-order valence-corrected chi connectivity index (χ1v) is 6.68. The fourth-order valence-electron chi connectivity index (χ4n) is 2.10. The molecule has 116 valence electrons. The molecule has 1 aliphatic rings. The van der Waals surface area contributed by atoms with Crippen LogP contribution in [0.3, 0.4) is 0 Å². The molecule has 0 radical (unpaired) electrons. The maximum absolute atomic E-state index is 11.8. The van der Waals surface area contributed by atoms with E-state index in [1.165, 1.54) is 0 Å². The van der Waals surface area contributed by atoms with Crippen molar-refractivity contribution >= 4 is 12.0 Å². The zero-order chi connectivity index (χ0) is 15.3. The SMILES string of the molecule is Cc1nc(CCNC(=O)NC2(C(=O)O)CCOCC2)no1. The molecule has 0 aliphatic carbocycles. The van der Waals surface area contributed by atoms with Crippen molar-refractivity contribution in [1.82, 2.24) is 20.8 Å². The number of aromatic nitrogens is 2. The van der Waals surface area contributed by atoms with Crippen LogP contribution in [-0.2, 0) is 16.0 Å². The summed E-state index contributed by atoms with van der Waals surface area (Å²) in [7, 11) is 0. The first-order valence-electron chi connectivity index (χ1n) is 6.68. The van der Waals surface area contributed by atoms with Gasteiger partial charge in [0.15, 0.2) is 5.82 Å². The van der Waals surface area contributed by atoms with Gasteiger partial charge in [-0.25, -0.2) is 9.59 Å². The molecule has 0 bridgehead atoms. The molecule has 0 spiro atoms. The van der Waals surface area contributed by atoms with Crippen LogP contribution in [0.25, 0.3) is 0 Å². The molecule has 0 aromatic carbocycles. The summed E-state index contributed by atoms with van der Waals surface area (Å²) < 4.78 is 9.95. The lowest BCUT2D eigenvalue weighted by Crippen LogP contribution is -2.59. The number of amides is 2. The first kappa shape index (κ1) is 15.2. The summed E-state index contributed by atoms with van der Waals surface area (Å²) in [6.45, 7) is 2.60. The average Bonchev–Trinajstić information content (AvgIpc) is 2.85. The van der Waals surface area contributed by atoms with Crippen LogP contribution in [-0.4, -0.2) is 52.5 Å². The van der Waals surface area contributed by atoms with Crippen LogP contribution in [0.4, 0.5) is 4.79 Å². The number of carboxylic acid groups (broad SMARTS) is 1. The minimum atomic E-state index is -1.26. The third-order valence-electron chi connectivity index (χ3n) is 3.31. The van der Waals surface area contributed by atoms with Gasteiger partial charge in [-0.2, -0.15) is 4.98 Å². The van der Waals surface area contributed by atoms with E-state index in [0.29, 0.717) is 31.3 Å². The van der Waals surface area contributed by atoms with Gasteiger partial charge in [-0.3, -0.25) is 0 Å². The number of hydrogen-bond acceptors (Lipinski definition) is 6. The highest BCUT2D eigenvalue weighted by atomic mass is 16.5. The van der Waals surface area contributed by atoms with E-state index in [2.05, 4.69) is 20.8 Å². The molecule has 0 unspecified atom stereocenters. The van der Waals surface area contributed by atoms with E-state index in [0.717, 1.165) is 0 Å². The van der Waals surface area contributed by atoms with Gasteiger partial charge in [0.25, 0.3) is 0 Å². The third kappa shape index (κ3) is 3.91. The average molecular weight is 298 g/mol. The number of hydrogen-bond donors (Lipinski definition) is 3. The molecule has 2 rings (SSSR count). The van der Waals surface area contributed by atoms with E-state index in [1.807, 2.05) is 0 Å². The second-order valence-electron chi connectivity index (χ2n) is 4.86. The summed E-state index contributed by atoms with van der Waals surface area (Å²) >= 11 is 0. The highest BCUT2D eigenvalue weighted by molar-refractivity contribution is 5.86. The van der Waals surface area contributed by atoms with Gasteiger partial charge in [0.1, 0.15) is 5.54 Å². The molecule has 2 heterocycles. The number of carbonyl (C=O) groups excluding carboxylic acids is 1. The number of urea groups is 1. The van der Waals surface area contributed by atoms with Crippen LogP contribution in [0.1, 0.15) is 24.6 Å². The number of nitrogens with zero attached hydrogens (tertiary/aromatic N) is 2. The van der Waals surface area contributed by atoms with Gasteiger partial charge in [0.05, 0.1) is 0 Å². The Morgan fingerprint density at radius 1 is 1.38 bits per heavy atom. The molecule has 1 saturated heterocycles. The first-order chi connectivity index (χ1) is 10.0. The van der Waals surface area contributed by atoms with Crippen LogP contribution >= 0.6 is 0 Å². The molecule has 3 N–H and O–H groups in total. The Bertz CT molecular complexity index is 510. The van der Waals surface area contributed by atoms with E-state index in [-0.39, 0.29) is 19.4 Å². The topological polar surface area (TPSA) is 127 Å². The standard InChI is InChI=1S/C12H18N4O5/c1-8-14-9(16-21-8)2-5-13-11(19)15-12(10(17)18)3-6-20-7-4-12/h2-7H2,1H3,(H,17,18)(H2,13,15,19). The molecule has 9 heteroatoms. The fraction of sp³-hybridized carbons (Fsp3) is 0.667. The van der Waals surface area contributed by atoms with Crippen LogP contribution < -0.4 is 10.6 Å². The molecule has 1 fully saturated rings. The largest absolute Gasteiger partial charge is 0.480 e. The number of ether oxygens (including phenoxy) is 1. The van der Waals surface area contributed by atoms with Gasteiger partial charge < -0.3 is 25.0 Å². The number of nitrogens with one attached hydrogen (secondary N) is 2. The molecular formula is C12H18N4O5. The molecule has 21 heavy (non-hydrogen) atoms. The zero-order valence-corrected chi connectivity index (χ0v) is 11.7. The second kappa shape index (κ2) is 6.53. The Balaban J connectivity index is 1.81. The van der Waals surface area contributed by atoms with Gasteiger partial charge in [0.2, 0.25) is 5.89 Å². The Kier molecular flexibility index (Phi) is 4.73. The lowest BCUT2D eigenvalue weighted by atomic mass is 9.90. The van der Waals surface area contributed by atoms with Crippen molar-refractivity contribution < 1.29 is 24.0 Å². The zero-order valence-electron chi connectivity index (χ0n) is 11.7. The summed E-state index contributed by atoms with van der Waals surface area (Å²) in [6.07, 6.45) is 0.910. The van der Waals surface area contributed by atoms with E-state index in [4.69, 9.17) is 9.26 Å². The summed E-state index contributed by atoms with van der Waals surface area (Å²) in [4.78, 5) is 27.2. The maximum Gasteiger partial charge on any atom is 0.329 e. The lowest BCUT2D eigenvalue weighted by Gasteiger charge is -2.33. The van der Waals surface area contributed by atoms with Crippen LogP contribution in [0.5, 0.6) is 0 Å². The van der Waals surface area contributed by atoms with Crippen molar-refractivity contribution in [2.45, 2.75) is 31.7 Å². The van der Waals surface area contributed by atoms with Crippen molar-refractivity contribution in [2.24, 2.45) is 0 Å². The second-order valence-corrected chi connectivity index (χ2v) is 4.86. The van der Waals surface area contributed by atoms with Crippen molar-refractivity contribution in [3.05, 3.63) is 11.7 Å². The van der Waals surface area contributed by atoms with Crippen molar-refractivity contribution in [1.29, 1.82) is 0 Å². The van der Waals surface area contributed by atoms with Gasteiger partial charge in [0, 0.05) is 45.9 Å². The molecule has 0 saturated carbocycles. The predicted molar refractivity (Wildman–Crippen MR) is 69.7 cm³/mol. The fourth-order valence-corrected chi connectivity index (χ4v) is 2.10. The third-order valence-corrected chi connectivity index (χ3v) is 3.31. The predicted octanol–water partition coefficient (Wildman–Crippen LogP) is -0.146. The summed E-state index contributed by atoms with van der Waals surface area (Å²) in [6, 6.07) is -0.528. The van der Waals surface area contributed by atoms with Crippen molar-refractivity contribution in [3.8, 4) is 0 Å². The number of rotatable bonds is 5. The van der Waals surface area contributed by atoms with Gasteiger partial charge in [-0.1, -0.05) is 5.16 Å². The monoisotopic (exact) mass is 298 g/mol. The van der Waals surface area contributed by atoms with Crippen LogP contribution in [0.2, 0.25) is 0 Å². The smallest absolute Gasteiger partial charge is 0.329 e. The molecule has 9 nitrogen and oxygen atoms in total. The van der Waals surface area contributed by atoms with E-state index >= 15 is 0 Å². The molecule has 0 atom stereocenters. The highest BCUT2D eigenvalue weighted by Crippen LogP contribution is 2.20. The quantitative estimate of drug-likeness (QED) is 0.690. The summed E-state index contributed by atoms with van der Waals surface area (Å²) in [5.41, 5.74) is -1.26. The highest BCUT2D eigenvalue weighted by Gasteiger charge is 2.41. The number of aryl methyl sites for hydroxylation is 1. The summed E-state index contributed by atoms with van der Waals surface area (Å²) in [5.74, 6) is -0.0944. The minimum Gasteiger partial charge on any atom is -0.480 e. The van der Waals surface area contributed by atoms with Crippen LogP contribution in [0, 0.1) is 6.92 Å². The van der Waals surface area contributed by atoms with E-state index < -0.39 is 17.5 Å². The van der Waals surface area contributed by atoms with Gasteiger partial charge in [-0.15, -0.1) is 0 Å². The molecule has 1 aromatic heterocycles. The van der Waals surface area contributed by atoms with Crippen LogP contribution in [0.15, 0.2) is 4.52 Å². The Morgan fingerprint density at radius 3 is 2.67 bits per heavy atom. The molecular weight excluding hydrogens is 280 g/mol. The Morgan fingerprint density at radius 2 is 2.10 bits per heavy atom. The van der Waals surface area contributed by atoms with Crippen molar-refractivity contribution in [3.63, 3.8) is 0 Å². The molecule has 1 aliphatic heterocycles. The number of carbonyl (C=O) groups is 2. The lowest BCUT2D eigenvalue weighted by molar-refractivity contribution is -0.148. The van der Waals surface area contributed by atoms with E-state index in [1.54, 1.807) is 6.92 Å². The Hall–Kier alpha value is -2.16.